The highest BCUT2D eigenvalue weighted by atomic mass is 32.2. The van der Waals surface area contributed by atoms with Crippen molar-refractivity contribution in [2.45, 2.75) is 25.8 Å². The summed E-state index contributed by atoms with van der Waals surface area (Å²) in [4.78, 5) is 17.1. The molecule has 1 amide bonds. The molecule has 0 unspecified atom stereocenters. The number of hydrogen-bond donors (Lipinski definition) is 0. The maximum absolute atomic E-state index is 10.9. The van der Waals surface area contributed by atoms with Crippen LogP contribution < -0.4 is 0 Å². The quantitative estimate of drug-likeness (QED) is 0.644. The van der Waals surface area contributed by atoms with Crippen molar-refractivity contribution in [3.63, 3.8) is 0 Å². The Morgan fingerprint density at radius 2 is 2.42 bits per heavy atom. The van der Waals surface area contributed by atoms with Crippen LogP contribution >= 0.6 is 11.8 Å². The summed E-state index contributed by atoms with van der Waals surface area (Å²) in [6, 6.07) is 0.673. The van der Waals surface area contributed by atoms with Gasteiger partial charge in [0.05, 0.1) is 5.75 Å². The van der Waals surface area contributed by atoms with Crippen LogP contribution in [0.25, 0.3) is 0 Å². The van der Waals surface area contributed by atoms with Gasteiger partial charge in [0.15, 0.2) is 5.17 Å². The molecule has 0 aromatic rings. The number of amidine groups is 1. The largest absolute Gasteiger partial charge is 0.348 e. The Hall–Kier alpha value is -0.510. The van der Waals surface area contributed by atoms with Crippen molar-refractivity contribution in [3.8, 4) is 0 Å². The first-order valence-electron chi connectivity index (χ1n) is 4.32. The Balaban J connectivity index is 2.05. The third-order valence-corrected chi connectivity index (χ3v) is 3.09. The molecule has 2 aliphatic rings. The van der Waals surface area contributed by atoms with Gasteiger partial charge in [0.25, 0.3) is 5.91 Å². The van der Waals surface area contributed by atoms with Crippen LogP contribution in [0.2, 0.25) is 0 Å². The fourth-order valence-electron chi connectivity index (χ4n) is 1.38. The van der Waals surface area contributed by atoms with Crippen LogP contribution in [0.3, 0.4) is 0 Å². The first-order chi connectivity index (χ1) is 5.81. The average Bonchev–Trinajstić information content (AvgIpc) is 2.78. The van der Waals surface area contributed by atoms with Crippen molar-refractivity contribution in [1.82, 2.24) is 4.90 Å². The summed E-state index contributed by atoms with van der Waals surface area (Å²) in [5, 5.41) is 0.949. The molecule has 0 saturated heterocycles. The Kier molecular flexibility index (Phi) is 2.09. The van der Waals surface area contributed by atoms with Crippen LogP contribution in [-0.2, 0) is 4.79 Å². The lowest BCUT2D eigenvalue weighted by Crippen LogP contribution is -2.29. The van der Waals surface area contributed by atoms with E-state index >= 15 is 0 Å². The Labute approximate surface area is 76.2 Å². The minimum atomic E-state index is 0.0223. The topological polar surface area (TPSA) is 32.7 Å². The Bertz CT molecular complexity index is 235. The van der Waals surface area contributed by atoms with Crippen molar-refractivity contribution >= 4 is 22.8 Å². The van der Waals surface area contributed by atoms with Gasteiger partial charge < -0.3 is 4.90 Å². The zero-order valence-electron chi connectivity index (χ0n) is 7.12. The van der Waals surface area contributed by atoms with E-state index in [9.17, 15) is 4.79 Å². The van der Waals surface area contributed by atoms with E-state index in [0.29, 0.717) is 11.8 Å². The van der Waals surface area contributed by atoms with Crippen molar-refractivity contribution in [1.29, 1.82) is 0 Å². The molecule has 2 rings (SSSR count). The first-order valence-corrected chi connectivity index (χ1v) is 5.30. The lowest BCUT2D eigenvalue weighted by Gasteiger charge is -2.20. The molecule has 1 heterocycles. The monoisotopic (exact) mass is 184 g/mol. The van der Waals surface area contributed by atoms with Crippen LogP contribution in [-0.4, -0.2) is 34.3 Å². The summed E-state index contributed by atoms with van der Waals surface area (Å²) in [5.74, 6) is 0.563. The molecule has 0 N–H and O–H groups in total. The fourth-order valence-corrected chi connectivity index (χ4v) is 2.31. The Morgan fingerprint density at radius 3 is 2.83 bits per heavy atom. The summed E-state index contributed by atoms with van der Waals surface area (Å²) >= 11 is 1.58. The maximum atomic E-state index is 10.9. The van der Waals surface area contributed by atoms with E-state index in [1.54, 1.807) is 11.8 Å². The molecule has 4 heteroatoms. The smallest absolute Gasteiger partial charge is 0.258 e. The molecular formula is C8H12N2OS. The summed E-state index contributed by atoms with van der Waals surface area (Å²) in [6.07, 6.45) is 2.53. The summed E-state index contributed by atoms with van der Waals surface area (Å²) < 4.78 is 0. The van der Waals surface area contributed by atoms with Gasteiger partial charge in [-0.1, -0.05) is 11.8 Å². The molecule has 3 nitrogen and oxygen atoms in total. The van der Waals surface area contributed by atoms with Gasteiger partial charge in [0, 0.05) is 12.6 Å². The molecule has 0 aromatic heterocycles. The van der Waals surface area contributed by atoms with Crippen LogP contribution in [0.4, 0.5) is 0 Å². The maximum Gasteiger partial charge on any atom is 0.258 e. The highest BCUT2D eigenvalue weighted by Gasteiger charge is 2.32. The van der Waals surface area contributed by atoms with Crippen LogP contribution in [0.1, 0.15) is 19.8 Å². The van der Waals surface area contributed by atoms with Crippen molar-refractivity contribution in [2.24, 2.45) is 4.99 Å². The zero-order valence-corrected chi connectivity index (χ0v) is 7.93. The minimum Gasteiger partial charge on any atom is -0.348 e. The Morgan fingerprint density at radius 1 is 1.67 bits per heavy atom. The molecule has 0 atom stereocenters. The van der Waals surface area contributed by atoms with Crippen molar-refractivity contribution in [2.75, 3.05) is 12.3 Å². The molecule has 0 aromatic carbocycles. The van der Waals surface area contributed by atoms with Crippen LogP contribution in [0.15, 0.2) is 4.99 Å². The zero-order chi connectivity index (χ0) is 8.55. The third-order valence-electron chi connectivity index (χ3n) is 2.12. The summed E-state index contributed by atoms with van der Waals surface area (Å²) in [7, 11) is 0. The van der Waals surface area contributed by atoms with E-state index in [2.05, 4.69) is 16.8 Å². The minimum absolute atomic E-state index is 0.0223. The molecule has 1 aliphatic heterocycles. The van der Waals surface area contributed by atoms with Crippen LogP contribution in [0, 0.1) is 0 Å². The average molecular weight is 184 g/mol. The normalized spacial score (nSPS) is 22.8. The predicted octanol–water partition coefficient (Wildman–Crippen LogP) is 1.10. The van der Waals surface area contributed by atoms with Gasteiger partial charge in [-0.3, -0.25) is 4.79 Å². The van der Waals surface area contributed by atoms with Gasteiger partial charge >= 0.3 is 0 Å². The van der Waals surface area contributed by atoms with Gasteiger partial charge in [0.2, 0.25) is 0 Å². The van der Waals surface area contributed by atoms with E-state index in [1.807, 2.05) is 0 Å². The molecule has 0 spiro atoms. The van der Waals surface area contributed by atoms with E-state index < -0.39 is 0 Å². The number of rotatable bonds is 2. The number of carbonyl (C=O) groups is 1. The number of thioether (sulfide) groups is 1. The molecule has 1 fully saturated rings. The van der Waals surface area contributed by atoms with Gasteiger partial charge in [-0.2, -0.15) is 4.99 Å². The molecule has 1 saturated carbocycles. The predicted molar refractivity (Wildman–Crippen MR) is 50.3 cm³/mol. The fraction of sp³-hybridized carbons (Fsp3) is 0.750. The van der Waals surface area contributed by atoms with Gasteiger partial charge in [0.1, 0.15) is 0 Å². The number of amides is 1. The molecule has 1 aliphatic carbocycles. The second kappa shape index (κ2) is 3.09. The lowest BCUT2D eigenvalue weighted by molar-refractivity contribution is -0.115. The van der Waals surface area contributed by atoms with Gasteiger partial charge in [-0.15, -0.1) is 0 Å². The molecular weight excluding hydrogens is 172 g/mol. The van der Waals surface area contributed by atoms with Crippen LogP contribution in [0.5, 0.6) is 0 Å². The van der Waals surface area contributed by atoms with Gasteiger partial charge in [-0.05, 0) is 19.8 Å². The summed E-state index contributed by atoms with van der Waals surface area (Å²) in [6.45, 7) is 3.09. The van der Waals surface area contributed by atoms with Gasteiger partial charge in [-0.25, -0.2) is 0 Å². The molecule has 0 radical (unpaired) electrons. The van der Waals surface area contributed by atoms with E-state index in [-0.39, 0.29) is 5.91 Å². The first kappa shape index (κ1) is 8.10. The third kappa shape index (κ3) is 1.48. The van der Waals surface area contributed by atoms with E-state index in [4.69, 9.17) is 0 Å². The standard InChI is InChI=1S/C8H12N2OS/c1-2-10(6-3-4-6)8-9-7(11)5-12-8/h6H,2-5H2,1H3. The highest BCUT2D eigenvalue weighted by molar-refractivity contribution is 8.14. The second-order valence-corrected chi connectivity index (χ2v) is 4.04. The SMILES string of the molecule is CCN(C1=NC(=O)CS1)C1CC1. The van der Waals surface area contributed by atoms with E-state index in [1.165, 1.54) is 12.8 Å². The van der Waals surface area contributed by atoms with Crippen molar-refractivity contribution in [3.05, 3.63) is 0 Å². The van der Waals surface area contributed by atoms with E-state index in [0.717, 1.165) is 11.7 Å². The number of carbonyl (C=O) groups excluding carboxylic acids is 1. The molecule has 0 bridgehead atoms. The number of aliphatic imine (C=N–C) groups is 1. The second-order valence-electron chi connectivity index (χ2n) is 3.09. The molecule has 12 heavy (non-hydrogen) atoms. The summed E-state index contributed by atoms with van der Waals surface area (Å²) in [5.41, 5.74) is 0. The highest BCUT2D eigenvalue weighted by Crippen LogP contribution is 2.30. The van der Waals surface area contributed by atoms with Crippen molar-refractivity contribution < 1.29 is 4.79 Å². The lowest BCUT2D eigenvalue weighted by atomic mass is 10.5. The number of nitrogens with zero attached hydrogens (tertiary/aromatic N) is 2. The number of hydrogen-bond acceptors (Lipinski definition) is 3. The molecule has 66 valence electrons.